The molecule has 1 aromatic carbocycles. The van der Waals surface area contributed by atoms with Crippen LogP contribution in [0.4, 0.5) is 0 Å². The lowest BCUT2D eigenvalue weighted by molar-refractivity contribution is -0.0279. The lowest BCUT2D eigenvalue weighted by Crippen LogP contribution is -2.50. The number of nitrogens with zero attached hydrogens (tertiary/aromatic N) is 1. The Labute approximate surface area is 126 Å². The summed E-state index contributed by atoms with van der Waals surface area (Å²) < 4.78 is 5.21. The molecular formula is C16H25N3O2. The Morgan fingerprint density at radius 3 is 2.81 bits per heavy atom. The Bertz CT molecular complexity index is 484. The van der Waals surface area contributed by atoms with Gasteiger partial charge in [-0.05, 0) is 43.9 Å². The number of aliphatic hydroxyl groups is 1. The molecule has 1 aromatic rings. The molecule has 0 atom stereocenters. The summed E-state index contributed by atoms with van der Waals surface area (Å²) in [5.41, 5.74) is 0.542. The number of ether oxygens (including phenoxy) is 1. The standard InChI is InChI=1S/C16H25N3O2/c1-3-17-15(19-12-16(20)8-5-9-16)18-11-13-6-4-7-14(10-13)21-2/h4,6-7,10,20H,3,5,8-9,11-12H2,1-2H3,(H2,17,18,19). The maximum absolute atomic E-state index is 10.1. The molecule has 3 N–H and O–H groups in total. The van der Waals surface area contributed by atoms with Gasteiger partial charge in [0.2, 0.25) is 0 Å². The normalized spacial score (nSPS) is 17.0. The SMILES string of the molecule is CCNC(=NCc1cccc(OC)c1)NCC1(O)CCC1. The van der Waals surface area contributed by atoms with Crippen LogP contribution in [0.5, 0.6) is 5.75 Å². The number of methoxy groups -OCH3 is 1. The molecule has 0 radical (unpaired) electrons. The number of rotatable bonds is 6. The Morgan fingerprint density at radius 1 is 1.38 bits per heavy atom. The second kappa shape index (κ2) is 7.31. The van der Waals surface area contributed by atoms with Crippen molar-refractivity contribution >= 4 is 5.96 Å². The highest BCUT2D eigenvalue weighted by Crippen LogP contribution is 2.30. The van der Waals surface area contributed by atoms with Crippen molar-refractivity contribution in [3.63, 3.8) is 0 Å². The maximum atomic E-state index is 10.1. The first-order valence-electron chi connectivity index (χ1n) is 7.53. The second-order valence-corrected chi connectivity index (χ2v) is 5.48. The monoisotopic (exact) mass is 291 g/mol. The van der Waals surface area contributed by atoms with Crippen molar-refractivity contribution < 1.29 is 9.84 Å². The van der Waals surface area contributed by atoms with E-state index >= 15 is 0 Å². The van der Waals surface area contributed by atoms with E-state index in [4.69, 9.17) is 4.74 Å². The van der Waals surface area contributed by atoms with Crippen LogP contribution in [0.1, 0.15) is 31.7 Å². The fourth-order valence-corrected chi connectivity index (χ4v) is 2.29. The van der Waals surface area contributed by atoms with Gasteiger partial charge in [-0.3, -0.25) is 0 Å². The highest BCUT2D eigenvalue weighted by atomic mass is 16.5. The van der Waals surface area contributed by atoms with Crippen molar-refractivity contribution in [2.24, 2.45) is 4.99 Å². The van der Waals surface area contributed by atoms with Crippen LogP contribution in [0.15, 0.2) is 29.3 Å². The summed E-state index contributed by atoms with van der Waals surface area (Å²) in [7, 11) is 1.66. The third-order valence-electron chi connectivity index (χ3n) is 3.77. The third-order valence-corrected chi connectivity index (χ3v) is 3.77. The zero-order valence-corrected chi connectivity index (χ0v) is 12.9. The summed E-state index contributed by atoms with van der Waals surface area (Å²) in [6, 6.07) is 7.88. The van der Waals surface area contributed by atoms with Crippen LogP contribution in [-0.4, -0.2) is 36.9 Å². The number of guanidine groups is 1. The zero-order valence-electron chi connectivity index (χ0n) is 12.9. The molecule has 1 aliphatic carbocycles. The van der Waals surface area contributed by atoms with E-state index in [0.717, 1.165) is 43.1 Å². The summed E-state index contributed by atoms with van der Waals surface area (Å²) in [5, 5.41) is 16.5. The lowest BCUT2D eigenvalue weighted by atomic mass is 9.80. The fourth-order valence-electron chi connectivity index (χ4n) is 2.29. The Morgan fingerprint density at radius 2 is 2.19 bits per heavy atom. The molecule has 21 heavy (non-hydrogen) atoms. The van der Waals surface area contributed by atoms with Crippen LogP contribution in [0.3, 0.4) is 0 Å². The van der Waals surface area contributed by atoms with Crippen LogP contribution in [0, 0.1) is 0 Å². The number of hydrogen-bond donors (Lipinski definition) is 3. The highest BCUT2D eigenvalue weighted by molar-refractivity contribution is 5.79. The van der Waals surface area contributed by atoms with Crippen LogP contribution >= 0.6 is 0 Å². The van der Waals surface area contributed by atoms with Crippen LogP contribution < -0.4 is 15.4 Å². The third kappa shape index (κ3) is 4.63. The van der Waals surface area contributed by atoms with Gasteiger partial charge < -0.3 is 20.5 Å². The van der Waals surface area contributed by atoms with Gasteiger partial charge in [0.25, 0.3) is 0 Å². The minimum absolute atomic E-state index is 0.549. The molecule has 0 amide bonds. The molecule has 0 aliphatic heterocycles. The van der Waals surface area contributed by atoms with E-state index in [1.165, 1.54) is 0 Å². The molecule has 0 heterocycles. The van der Waals surface area contributed by atoms with Gasteiger partial charge in [-0.15, -0.1) is 0 Å². The Kier molecular flexibility index (Phi) is 5.44. The Hall–Kier alpha value is -1.75. The van der Waals surface area contributed by atoms with E-state index in [1.54, 1.807) is 7.11 Å². The van der Waals surface area contributed by atoms with Crippen molar-refractivity contribution in [3.05, 3.63) is 29.8 Å². The number of aliphatic imine (C=N–C) groups is 1. The van der Waals surface area contributed by atoms with Gasteiger partial charge in [-0.1, -0.05) is 12.1 Å². The van der Waals surface area contributed by atoms with Gasteiger partial charge in [0.05, 0.1) is 19.3 Å². The lowest BCUT2D eigenvalue weighted by Gasteiger charge is -2.36. The van der Waals surface area contributed by atoms with Gasteiger partial charge in [-0.2, -0.15) is 0 Å². The average molecular weight is 291 g/mol. The molecule has 1 saturated carbocycles. The van der Waals surface area contributed by atoms with E-state index < -0.39 is 5.60 Å². The molecule has 0 saturated heterocycles. The quantitative estimate of drug-likeness (QED) is 0.551. The average Bonchev–Trinajstić information content (AvgIpc) is 2.48. The van der Waals surface area contributed by atoms with Crippen LogP contribution in [-0.2, 0) is 6.54 Å². The molecule has 0 aromatic heterocycles. The summed E-state index contributed by atoms with van der Waals surface area (Å²) in [6.07, 6.45) is 2.85. The summed E-state index contributed by atoms with van der Waals surface area (Å²) in [4.78, 5) is 4.55. The molecule has 1 aliphatic rings. The first-order chi connectivity index (χ1) is 10.1. The molecule has 1 fully saturated rings. The predicted octanol–water partition coefficient (Wildman–Crippen LogP) is 1.67. The van der Waals surface area contributed by atoms with Gasteiger partial charge in [0.15, 0.2) is 5.96 Å². The summed E-state index contributed by atoms with van der Waals surface area (Å²) >= 11 is 0. The first-order valence-corrected chi connectivity index (χ1v) is 7.53. The van der Waals surface area contributed by atoms with E-state index in [1.807, 2.05) is 31.2 Å². The second-order valence-electron chi connectivity index (χ2n) is 5.48. The smallest absolute Gasteiger partial charge is 0.191 e. The van der Waals surface area contributed by atoms with Crippen molar-refractivity contribution in [3.8, 4) is 5.75 Å². The molecule has 116 valence electrons. The summed E-state index contributed by atoms with van der Waals surface area (Å²) in [5.74, 6) is 1.57. The van der Waals surface area contributed by atoms with Crippen LogP contribution in [0.2, 0.25) is 0 Å². The van der Waals surface area contributed by atoms with Crippen molar-refractivity contribution in [1.29, 1.82) is 0 Å². The minimum atomic E-state index is -0.549. The van der Waals surface area contributed by atoms with Gasteiger partial charge >= 0.3 is 0 Å². The van der Waals surface area contributed by atoms with Gasteiger partial charge in [0.1, 0.15) is 5.75 Å². The van der Waals surface area contributed by atoms with E-state index in [0.29, 0.717) is 13.1 Å². The number of benzene rings is 1. The Balaban J connectivity index is 1.92. The van der Waals surface area contributed by atoms with Gasteiger partial charge in [0, 0.05) is 13.1 Å². The van der Waals surface area contributed by atoms with Crippen molar-refractivity contribution in [2.75, 3.05) is 20.2 Å². The van der Waals surface area contributed by atoms with E-state index in [9.17, 15) is 5.11 Å². The van der Waals surface area contributed by atoms with E-state index in [-0.39, 0.29) is 0 Å². The molecule has 5 nitrogen and oxygen atoms in total. The molecule has 0 spiro atoms. The molecule has 2 rings (SSSR count). The zero-order chi connectivity index (χ0) is 15.1. The predicted molar refractivity (Wildman–Crippen MR) is 84.6 cm³/mol. The molecular weight excluding hydrogens is 266 g/mol. The maximum Gasteiger partial charge on any atom is 0.191 e. The van der Waals surface area contributed by atoms with Crippen molar-refractivity contribution in [1.82, 2.24) is 10.6 Å². The van der Waals surface area contributed by atoms with Gasteiger partial charge in [-0.25, -0.2) is 4.99 Å². The first kappa shape index (κ1) is 15.6. The fraction of sp³-hybridized carbons (Fsp3) is 0.562. The van der Waals surface area contributed by atoms with E-state index in [2.05, 4.69) is 15.6 Å². The topological polar surface area (TPSA) is 65.9 Å². The largest absolute Gasteiger partial charge is 0.497 e. The summed E-state index contributed by atoms with van der Waals surface area (Å²) in [6.45, 7) is 3.95. The molecule has 5 heteroatoms. The number of nitrogens with one attached hydrogen (secondary N) is 2. The highest BCUT2D eigenvalue weighted by Gasteiger charge is 2.34. The molecule has 0 bridgehead atoms. The molecule has 0 unspecified atom stereocenters. The minimum Gasteiger partial charge on any atom is -0.497 e. The number of hydrogen-bond acceptors (Lipinski definition) is 3. The van der Waals surface area contributed by atoms with Crippen LogP contribution in [0.25, 0.3) is 0 Å². The van der Waals surface area contributed by atoms with Crippen molar-refractivity contribution in [2.45, 2.75) is 38.3 Å².